The van der Waals surface area contributed by atoms with Gasteiger partial charge in [-0.05, 0) is 95.3 Å². The van der Waals surface area contributed by atoms with Crippen molar-refractivity contribution in [3.8, 4) is 20.2 Å². The molecule has 0 amide bonds. The molecule has 0 saturated carbocycles. The molecule has 42 heavy (non-hydrogen) atoms. The molecule has 0 spiro atoms. The molecule has 0 aliphatic heterocycles. The van der Waals surface area contributed by atoms with E-state index in [1.165, 1.54) is 44.7 Å². The van der Waals surface area contributed by atoms with Crippen LogP contribution in [0.15, 0.2) is 103 Å². The van der Waals surface area contributed by atoms with E-state index in [0.717, 1.165) is 26.0 Å². The monoisotopic (exact) mass is 588 g/mol. The third kappa shape index (κ3) is 6.08. The molecule has 5 rings (SSSR count). The van der Waals surface area contributed by atoms with Gasteiger partial charge in [0.25, 0.3) is 5.70 Å². The fraction of sp³-hybridized carbons (Fsp3) is 0.167. The zero-order valence-corrected chi connectivity index (χ0v) is 25.7. The van der Waals surface area contributed by atoms with E-state index in [0.29, 0.717) is 11.8 Å². The van der Waals surface area contributed by atoms with Crippen LogP contribution >= 0.6 is 22.7 Å². The summed E-state index contributed by atoms with van der Waals surface area (Å²) in [5.74, 6) is -0.615. The second-order valence-corrected chi connectivity index (χ2v) is 12.8. The third-order valence-corrected chi connectivity index (χ3v) is 9.41. The van der Waals surface area contributed by atoms with Crippen molar-refractivity contribution in [2.45, 2.75) is 39.5 Å². The third-order valence-electron chi connectivity index (χ3n) is 7.04. The van der Waals surface area contributed by atoms with Crippen molar-refractivity contribution in [3.05, 3.63) is 130 Å². The number of hydrogen-bond acceptors (Lipinski definition) is 4. The predicted molar refractivity (Wildman–Crippen MR) is 178 cm³/mol. The number of carboxylic acids is 1. The van der Waals surface area contributed by atoms with Crippen molar-refractivity contribution in [1.29, 1.82) is 0 Å². The van der Waals surface area contributed by atoms with Crippen LogP contribution in [0.4, 0.5) is 17.1 Å². The Morgan fingerprint density at radius 3 is 1.76 bits per heavy atom. The molecule has 0 saturated heterocycles. The molecule has 2 heterocycles. The lowest BCUT2D eigenvalue weighted by Gasteiger charge is -2.32. The van der Waals surface area contributed by atoms with Crippen LogP contribution in [0, 0.1) is 6.57 Å². The summed E-state index contributed by atoms with van der Waals surface area (Å²) in [5.41, 5.74) is 7.00. The Balaban J connectivity index is 1.61. The molecule has 0 fully saturated rings. The van der Waals surface area contributed by atoms with E-state index in [2.05, 4.69) is 122 Å². The van der Waals surface area contributed by atoms with Gasteiger partial charge >= 0.3 is 5.97 Å². The highest BCUT2D eigenvalue weighted by Crippen LogP contribution is 2.47. The first kappa shape index (κ1) is 29.1. The summed E-state index contributed by atoms with van der Waals surface area (Å²) >= 11 is 3.22. The molecule has 4 nitrogen and oxygen atoms in total. The summed E-state index contributed by atoms with van der Waals surface area (Å²) in [4.78, 5) is 20.9. The summed E-state index contributed by atoms with van der Waals surface area (Å²) < 4.78 is 0. The lowest BCUT2D eigenvalue weighted by molar-refractivity contribution is -0.132. The second kappa shape index (κ2) is 12.6. The molecule has 5 aromatic rings. The average Bonchev–Trinajstić information content (AvgIpc) is 3.67. The van der Waals surface area contributed by atoms with Gasteiger partial charge in [-0.3, -0.25) is 4.79 Å². The highest BCUT2D eigenvalue weighted by atomic mass is 32.1. The van der Waals surface area contributed by atoms with E-state index in [4.69, 9.17) is 6.57 Å². The first-order valence-corrected chi connectivity index (χ1v) is 15.5. The molecule has 0 radical (unpaired) electrons. The highest BCUT2D eigenvalue weighted by molar-refractivity contribution is 7.24. The van der Waals surface area contributed by atoms with Crippen LogP contribution in [0.25, 0.3) is 31.1 Å². The van der Waals surface area contributed by atoms with Gasteiger partial charge in [-0.25, -0.2) is 4.85 Å². The van der Waals surface area contributed by atoms with E-state index >= 15 is 0 Å². The summed E-state index contributed by atoms with van der Waals surface area (Å²) in [7, 11) is 0. The zero-order chi connectivity index (χ0) is 29.8. The lowest BCUT2D eigenvalue weighted by atomic mass is 9.88. The molecule has 3 aromatic carbocycles. The number of para-hydroxylation sites is 2. The van der Waals surface area contributed by atoms with Crippen LogP contribution in [0.3, 0.4) is 0 Å². The Bertz CT molecular complexity index is 1710. The number of nitrogens with zero attached hydrogens (tertiary/aromatic N) is 2. The van der Waals surface area contributed by atoms with Crippen molar-refractivity contribution in [1.82, 2.24) is 0 Å². The summed E-state index contributed by atoms with van der Waals surface area (Å²) in [6.45, 7) is 16.2. The summed E-state index contributed by atoms with van der Waals surface area (Å²) in [6.07, 6.45) is 1.44. The van der Waals surface area contributed by atoms with Gasteiger partial charge < -0.3 is 10.0 Å². The molecule has 0 aliphatic rings. The van der Waals surface area contributed by atoms with Gasteiger partial charge in [0.1, 0.15) is 0 Å². The van der Waals surface area contributed by atoms with Crippen molar-refractivity contribution in [2.75, 3.05) is 4.90 Å². The molecular weight excluding hydrogens is 557 g/mol. The van der Waals surface area contributed by atoms with Crippen LogP contribution in [0.2, 0.25) is 0 Å². The van der Waals surface area contributed by atoms with Crippen molar-refractivity contribution in [3.63, 3.8) is 0 Å². The minimum Gasteiger partial charge on any atom is -0.486 e. The van der Waals surface area contributed by atoms with Crippen LogP contribution in [0.5, 0.6) is 0 Å². The molecule has 0 unspecified atom stereocenters. The van der Waals surface area contributed by atoms with E-state index in [-0.39, 0.29) is 5.70 Å². The normalized spacial score (nSPS) is 11.6. The molecule has 0 atom stereocenters. The molecule has 210 valence electrons. The molecule has 2 aromatic heterocycles. The number of anilines is 3. The quantitative estimate of drug-likeness (QED) is 0.138. The Hall–Kier alpha value is -4.44. The smallest absolute Gasteiger partial charge is 0.333 e. The second-order valence-electron chi connectivity index (χ2n) is 10.6. The number of thiophene rings is 2. The molecule has 0 bridgehead atoms. The fourth-order valence-electron chi connectivity index (χ4n) is 4.99. The summed E-state index contributed by atoms with van der Waals surface area (Å²) in [6, 6.07) is 34.0. The number of benzene rings is 3. The first-order chi connectivity index (χ1) is 20.3. The first-order valence-electron chi connectivity index (χ1n) is 13.9. The fourth-order valence-corrected chi connectivity index (χ4v) is 7.02. The molecule has 1 N–H and O–H groups in total. The molecule has 6 heteroatoms. The number of carbonyl (C=O) groups is 1. The van der Waals surface area contributed by atoms with Crippen molar-refractivity contribution >= 4 is 51.8 Å². The number of aliphatic carboxylic acids is 1. The van der Waals surface area contributed by atoms with Gasteiger partial charge in [0.2, 0.25) is 0 Å². The standard InChI is InChI=1S/C36H32N2O2S2/c1-23(2)29-20-25(32-18-19-34(42-32)33-17-16-28(41-33)22-31(37-5)36(39)40)21-30(24(3)4)35(29)38(26-12-8-6-9-13-26)27-14-10-7-11-15-27/h6-24H,1-4H3,(H,39,40). The molecular formula is C36H32N2O2S2. The maximum Gasteiger partial charge on any atom is 0.333 e. The van der Waals surface area contributed by atoms with Gasteiger partial charge in [-0.1, -0.05) is 64.1 Å². The SMILES string of the molecule is [C-]#[N+]C(=Cc1ccc(-c2ccc(-c3cc(C(C)C)c(N(c4ccccc4)c4ccccc4)c(C(C)C)c3)s2)s1)C(=O)O. The van der Waals surface area contributed by atoms with Gasteiger partial charge in [0.05, 0.1) is 12.3 Å². The van der Waals surface area contributed by atoms with Gasteiger partial charge in [-0.2, -0.15) is 0 Å². The maximum absolute atomic E-state index is 11.3. The van der Waals surface area contributed by atoms with E-state index < -0.39 is 5.97 Å². The number of hydrogen-bond donors (Lipinski definition) is 1. The van der Waals surface area contributed by atoms with Gasteiger partial charge in [-0.15, -0.1) is 22.7 Å². The Kier molecular flexibility index (Phi) is 8.72. The minimum absolute atomic E-state index is 0.280. The highest BCUT2D eigenvalue weighted by Gasteiger charge is 2.24. The van der Waals surface area contributed by atoms with E-state index in [9.17, 15) is 9.90 Å². The molecule has 0 aliphatic carbocycles. The van der Waals surface area contributed by atoms with Crippen LogP contribution in [-0.2, 0) is 4.79 Å². The average molecular weight is 589 g/mol. The topological polar surface area (TPSA) is 44.9 Å². The van der Waals surface area contributed by atoms with E-state index in [1.54, 1.807) is 11.3 Å². The lowest BCUT2D eigenvalue weighted by Crippen LogP contribution is -2.16. The number of rotatable bonds is 9. The van der Waals surface area contributed by atoms with Crippen LogP contribution in [-0.4, -0.2) is 11.1 Å². The van der Waals surface area contributed by atoms with Crippen LogP contribution < -0.4 is 4.90 Å². The number of carboxylic acid groups (broad SMARTS) is 1. The summed E-state index contributed by atoms with van der Waals surface area (Å²) in [5, 5.41) is 9.22. The maximum atomic E-state index is 11.3. The van der Waals surface area contributed by atoms with Gasteiger partial charge in [0.15, 0.2) is 0 Å². The predicted octanol–water partition coefficient (Wildman–Crippen LogP) is 11.2. The van der Waals surface area contributed by atoms with Gasteiger partial charge in [0, 0.05) is 30.9 Å². The zero-order valence-electron chi connectivity index (χ0n) is 24.0. The van der Waals surface area contributed by atoms with Crippen molar-refractivity contribution in [2.24, 2.45) is 0 Å². The van der Waals surface area contributed by atoms with Crippen LogP contribution in [0.1, 0.15) is 55.5 Å². The minimum atomic E-state index is -1.21. The van der Waals surface area contributed by atoms with E-state index in [1.807, 2.05) is 12.1 Å². The Labute approximate surface area is 255 Å². The Morgan fingerprint density at radius 2 is 1.26 bits per heavy atom. The largest absolute Gasteiger partial charge is 0.486 e. The Morgan fingerprint density at radius 1 is 0.762 bits per heavy atom. The van der Waals surface area contributed by atoms with Crippen molar-refractivity contribution < 1.29 is 9.90 Å².